The van der Waals surface area contributed by atoms with Gasteiger partial charge >= 0.3 is 5.97 Å². The van der Waals surface area contributed by atoms with Crippen LogP contribution in [0, 0.1) is 5.92 Å². The van der Waals surface area contributed by atoms with Gasteiger partial charge in [0.1, 0.15) is 11.8 Å². The molecule has 2 aliphatic heterocycles. The van der Waals surface area contributed by atoms with E-state index in [-0.39, 0.29) is 12.5 Å². The number of amides is 1. The van der Waals surface area contributed by atoms with Crippen LogP contribution in [0.5, 0.6) is 5.75 Å². The van der Waals surface area contributed by atoms with Crippen LogP contribution in [-0.4, -0.2) is 49.5 Å². The van der Waals surface area contributed by atoms with Crippen LogP contribution in [0.2, 0.25) is 0 Å². The normalized spacial score (nSPS) is 23.1. The Bertz CT molecular complexity index is 698. The van der Waals surface area contributed by atoms with Crippen LogP contribution in [0.4, 0.5) is 0 Å². The SMILES string of the molecule is CCOC(=O)[C@H]1C(=O)NC(N2CCCCC2)=N[C@H]1c1ccccc1OC. The first kappa shape index (κ1) is 18.2. The topological polar surface area (TPSA) is 80.2 Å². The van der Waals surface area contributed by atoms with Crippen LogP contribution in [0.1, 0.15) is 37.8 Å². The van der Waals surface area contributed by atoms with E-state index in [1.807, 2.05) is 18.2 Å². The maximum Gasteiger partial charge on any atom is 0.321 e. The molecule has 140 valence electrons. The van der Waals surface area contributed by atoms with Gasteiger partial charge in [-0.1, -0.05) is 18.2 Å². The summed E-state index contributed by atoms with van der Waals surface area (Å²) in [5.74, 6) is -0.841. The van der Waals surface area contributed by atoms with Gasteiger partial charge in [0.15, 0.2) is 5.92 Å². The van der Waals surface area contributed by atoms with Crippen molar-refractivity contribution in [3.05, 3.63) is 29.8 Å². The molecule has 0 saturated carbocycles. The number of hydrogen-bond acceptors (Lipinski definition) is 6. The van der Waals surface area contributed by atoms with Crippen molar-refractivity contribution in [2.75, 3.05) is 26.8 Å². The number of hydrogen-bond donors (Lipinski definition) is 1. The minimum absolute atomic E-state index is 0.212. The highest BCUT2D eigenvalue weighted by Crippen LogP contribution is 2.36. The van der Waals surface area contributed by atoms with Gasteiger partial charge in [-0.3, -0.25) is 14.9 Å². The zero-order valence-electron chi connectivity index (χ0n) is 15.2. The van der Waals surface area contributed by atoms with Crippen molar-refractivity contribution in [1.82, 2.24) is 10.2 Å². The fourth-order valence-corrected chi connectivity index (χ4v) is 3.46. The molecule has 0 aromatic heterocycles. The molecular formula is C19H25N3O4. The zero-order chi connectivity index (χ0) is 18.5. The van der Waals surface area contributed by atoms with E-state index in [1.165, 1.54) is 6.42 Å². The summed E-state index contributed by atoms with van der Waals surface area (Å²) in [5, 5.41) is 2.81. The standard InChI is InChI=1S/C19H25N3O4/c1-3-26-18(24)15-16(13-9-5-6-10-14(13)25-2)20-19(21-17(15)23)22-11-7-4-8-12-22/h5-6,9-10,15-16H,3-4,7-8,11-12H2,1-2H3,(H,20,21,23)/t15-,16+/m1/s1. The number of methoxy groups -OCH3 is 1. The van der Waals surface area contributed by atoms with Crippen molar-refractivity contribution in [3.8, 4) is 5.75 Å². The maximum atomic E-state index is 12.8. The van der Waals surface area contributed by atoms with Crippen molar-refractivity contribution in [2.24, 2.45) is 10.9 Å². The lowest BCUT2D eigenvalue weighted by molar-refractivity contribution is -0.153. The number of esters is 1. The summed E-state index contributed by atoms with van der Waals surface area (Å²) >= 11 is 0. The number of benzene rings is 1. The zero-order valence-corrected chi connectivity index (χ0v) is 15.2. The van der Waals surface area contributed by atoms with Gasteiger partial charge in [-0.25, -0.2) is 4.99 Å². The molecule has 1 aromatic rings. The fraction of sp³-hybridized carbons (Fsp3) is 0.526. The monoisotopic (exact) mass is 359 g/mol. The molecule has 2 heterocycles. The summed E-state index contributed by atoms with van der Waals surface area (Å²) in [7, 11) is 1.57. The van der Waals surface area contributed by atoms with E-state index in [2.05, 4.69) is 10.2 Å². The second-order valence-electron chi connectivity index (χ2n) is 6.41. The smallest absolute Gasteiger partial charge is 0.321 e. The molecule has 0 aliphatic carbocycles. The maximum absolute atomic E-state index is 12.8. The number of nitrogens with one attached hydrogen (secondary N) is 1. The number of likely N-dealkylation sites (tertiary alicyclic amines) is 1. The molecule has 7 nitrogen and oxygen atoms in total. The summed E-state index contributed by atoms with van der Waals surface area (Å²) in [4.78, 5) is 32.1. The van der Waals surface area contributed by atoms with Crippen molar-refractivity contribution in [3.63, 3.8) is 0 Å². The number of rotatable bonds is 4. The number of ether oxygens (including phenoxy) is 2. The van der Waals surface area contributed by atoms with E-state index in [0.717, 1.165) is 25.9 Å². The Labute approximate surface area is 153 Å². The van der Waals surface area contributed by atoms with Crippen LogP contribution >= 0.6 is 0 Å². The van der Waals surface area contributed by atoms with Gasteiger partial charge in [0.25, 0.3) is 0 Å². The van der Waals surface area contributed by atoms with Crippen molar-refractivity contribution in [1.29, 1.82) is 0 Å². The number of aliphatic imine (C=N–C) groups is 1. The summed E-state index contributed by atoms with van der Waals surface area (Å²) in [6.45, 7) is 3.63. The number of carbonyl (C=O) groups excluding carboxylic acids is 2. The largest absolute Gasteiger partial charge is 0.496 e. The van der Waals surface area contributed by atoms with E-state index in [9.17, 15) is 9.59 Å². The summed E-state index contributed by atoms with van der Waals surface area (Å²) in [6.07, 6.45) is 3.31. The van der Waals surface area contributed by atoms with Crippen molar-refractivity contribution >= 4 is 17.8 Å². The Morgan fingerprint density at radius 1 is 1.27 bits per heavy atom. The number of para-hydroxylation sites is 1. The number of guanidine groups is 1. The predicted octanol–water partition coefficient (Wildman–Crippen LogP) is 1.89. The van der Waals surface area contributed by atoms with E-state index in [4.69, 9.17) is 14.5 Å². The van der Waals surface area contributed by atoms with Gasteiger partial charge in [-0.15, -0.1) is 0 Å². The molecular weight excluding hydrogens is 334 g/mol. The molecule has 2 atom stereocenters. The van der Waals surface area contributed by atoms with E-state index < -0.39 is 17.9 Å². The first-order valence-electron chi connectivity index (χ1n) is 9.09. The lowest BCUT2D eigenvalue weighted by Crippen LogP contribution is -2.53. The van der Waals surface area contributed by atoms with Gasteiger partial charge in [-0.05, 0) is 32.3 Å². The van der Waals surface area contributed by atoms with Gasteiger partial charge in [-0.2, -0.15) is 0 Å². The predicted molar refractivity (Wildman–Crippen MR) is 96.9 cm³/mol. The number of carbonyl (C=O) groups is 2. The third-order valence-corrected chi connectivity index (χ3v) is 4.75. The molecule has 0 radical (unpaired) electrons. The molecule has 1 amide bonds. The molecule has 7 heteroatoms. The Balaban J connectivity index is 2.01. The van der Waals surface area contributed by atoms with Crippen LogP contribution in [0.15, 0.2) is 29.3 Å². The Morgan fingerprint density at radius 2 is 2.00 bits per heavy atom. The summed E-state index contributed by atoms with van der Waals surface area (Å²) in [6, 6.07) is 6.67. The molecule has 1 saturated heterocycles. The van der Waals surface area contributed by atoms with Crippen LogP contribution < -0.4 is 10.1 Å². The van der Waals surface area contributed by atoms with E-state index >= 15 is 0 Å². The highest BCUT2D eigenvalue weighted by molar-refractivity contribution is 6.08. The molecule has 0 spiro atoms. The molecule has 3 rings (SSSR count). The van der Waals surface area contributed by atoms with Crippen LogP contribution in [0.3, 0.4) is 0 Å². The molecule has 0 unspecified atom stereocenters. The fourth-order valence-electron chi connectivity index (χ4n) is 3.46. The highest BCUT2D eigenvalue weighted by atomic mass is 16.5. The average molecular weight is 359 g/mol. The number of nitrogens with zero attached hydrogens (tertiary/aromatic N) is 2. The Hall–Kier alpha value is -2.57. The molecule has 0 bridgehead atoms. The first-order valence-corrected chi connectivity index (χ1v) is 9.09. The Morgan fingerprint density at radius 3 is 2.69 bits per heavy atom. The molecule has 1 fully saturated rings. The minimum atomic E-state index is -1.03. The third-order valence-electron chi connectivity index (χ3n) is 4.75. The number of piperidine rings is 1. The quantitative estimate of drug-likeness (QED) is 0.656. The molecule has 26 heavy (non-hydrogen) atoms. The lowest BCUT2D eigenvalue weighted by atomic mass is 9.90. The molecule has 1 aromatic carbocycles. The van der Waals surface area contributed by atoms with Gasteiger partial charge in [0.05, 0.1) is 13.7 Å². The van der Waals surface area contributed by atoms with Crippen LogP contribution in [-0.2, 0) is 14.3 Å². The van der Waals surface area contributed by atoms with Gasteiger partial charge in [0.2, 0.25) is 11.9 Å². The van der Waals surface area contributed by atoms with Crippen LogP contribution in [0.25, 0.3) is 0 Å². The first-order chi connectivity index (χ1) is 12.7. The average Bonchev–Trinajstić information content (AvgIpc) is 2.68. The van der Waals surface area contributed by atoms with Gasteiger partial charge in [0, 0.05) is 18.7 Å². The second kappa shape index (κ2) is 8.21. The summed E-state index contributed by atoms with van der Waals surface area (Å²) < 4.78 is 10.6. The van der Waals surface area contributed by atoms with Crippen molar-refractivity contribution < 1.29 is 19.1 Å². The van der Waals surface area contributed by atoms with E-state index in [1.54, 1.807) is 20.1 Å². The van der Waals surface area contributed by atoms with Crippen molar-refractivity contribution in [2.45, 2.75) is 32.2 Å². The Kier molecular flexibility index (Phi) is 5.75. The summed E-state index contributed by atoms with van der Waals surface area (Å²) in [5.41, 5.74) is 0.706. The highest BCUT2D eigenvalue weighted by Gasteiger charge is 2.43. The minimum Gasteiger partial charge on any atom is -0.496 e. The third kappa shape index (κ3) is 3.66. The van der Waals surface area contributed by atoms with E-state index in [0.29, 0.717) is 17.3 Å². The molecule has 2 aliphatic rings. The lowest BCUT2D eigenvalue weighted by Gasteiger charge is -2.35. The molecule has 1 N–H and O–H groups in total. The van der Waals surface area contributed by atoms with Gasteiger partial charge < -0.3 is 14.4 Å². The second-order valence-corrected chi connectivity index (χ2v) is 6.41.